The minimum atomic E-state index is 0.350. The number of hydrogen-bond acceptors (Lipinski definition) is 3. The molecule has 0 bridgehead atoms. The Morgan fingerprint density at radius 2 is 1.81 bits per heavy atom. The quantitative estimate of drug-likeness (QED) is 0.380. The molecule has 4 aromatic rings. The lowest BCUT2D eigenvalue weighted by Crippen LogP contribution is -2.36. The van der Waals surface area contributed by atoms with Gasteiger partial charge in [0.2, 0.25) is 0 Å². The van der Waals surface area contributed by atoms with Gasteiger partial charge in [-0.05, 0) is 67.1 Å². The van der Waals surface area contributed by atoms with E-state index in [-0.39, 0.29) is 0 Å². The molecule has 4 nitrogen and oxygen atoms in total. The molecule has 0 spiro atoms. The van der Waals surface area contributed by atoms with Gasteiger partial charge in [0.05, 0.1) is 18.7 Å². The smallest absolute Gasteiger partial charge is 0.153 e. The van der Waals surface area contributed by atoms with E-state index in [2.05, 4.69) is 72.7 Å². The average molecular weight is 426 g/mol. The van der Waals surface area contributed by atoms with Crippen molar-refractivity contribution >= 4 is 16.7 Å². The standard InChI is InChI=1S/C28H31N3O/c1-5-26-25-9-7-6-8-22(25)15-17-30(26)28-27-24(14-16-29-28)19(2)20(3)31(27)18-21-10-12-23(32-4)13-11-21/h6-14,16,26H,5,15,17-18H2,1-4H3. The first-order chi connectivity index (χ1) is 15.6. The highest BCUT2D eigenvalue weighted by Gasteiger charge is 2.29. The zero-order valence-electron chi connectivity index (χ0n) is 19.4. The zero-order chi connectivity index (χ0) is 22.2. The molecule has 0 saturated heterocycles. The third-order valence-corrected chi connectivity index (χ3v) is 7.10. The van der Waals surface area contributed by atoms with Crippen molar-refractivity contribution < 1.29 is 4.74 Å². The number of fused-ring (bicyclic) bond motifs is 2. The number of methoxy groups -OCH3 is 1. The van der Waals surface area contributed by atoms with Crippen LogP contribution >= 0.6 is 0 Å². The predicted molar refractivity (Wildman–Crippen MR) is 132 cm³/mol. The van der Waals surface area contributed by atoms with Gasteiger partial charge in [-0.2, -0.15) is 0 Å². The number of anilines is 1. The Morgan fingerprint density at radius 1 is 1.03 bits per heavy atom. The number of hydrogen-bond donors (Lipinski definition) is 0. The summed E-state index contributed by atoms with van der Waals surface area (Å²) in [7, 11) is 1.71. The summed E-state index contributed by atoms with van der Waals surface area (Å²) in [6.45, 7) is 8.56. The van der Waals surface area contributed by atoms with Crippen LogP contribution in [0, 0.1) is 13.8 Å². The highest BCUT2D eigenvalue weighted by Crippen LogP contribution is 2.39. The average Bonchev–Trinajstić information content (AvgIpc) is 3.08. The summed E-state index contributed by atoms with van der Waals surface area (Å²) >= 11 is 0. The Morgan fingerprint density at radius 3 is 2.56 bits per heavy atom. The fraction of sp³-hybridized carbons (Fsp3) is 0.321. The molecule has 1 aliphatic heterocycles. The van der Waals surface area contributed by atoms with Gasteiger partial charge in [-0.1, -0.05) is 43.3 Å². The van der Waals surface area contributed by atoms with Crippen LogP contribution in [-0.4, -0.2) is 23.2 Å². The first-order valence-electron chi connectivity index (χ1n) is 11.5. The molecular weight excluding hydrogens is 394 g/mol. The minimum absolute atomic E-state index is 0.350. The van der Waals surface area contributed by atoms with Crippen LogP contribution in [0.3, 0.4) is 0 Å². The maximum Gasteiger partial charge on any atom is 0.153 e. The van der Waals surface area contributed by atoms with Crippen LogP contribution in [-0.2, 0) is 13.0 Å². The largest absolute Gasteiger partial charge is 0.497 e. The lowest BCUT2D eigenvalue weighted by Gasteiger charge is -2.38. The lowest BCUT2D eigenvalue weighted by molar-refractivity contribution is 0.414. The van der Waals surface area contributed by atoms with E-state index in [0.717, 1.165) is 37.5 Å². The molecule has 0 amide bonds. The molecule has 1 atom stereocenters. The maximum atomic E-state index is 5.35. The molecule has 4 heteroatoms. The van der Waals surface area contributed by atoms with Gasteiger partial charge in [-0.25, -0.2) is 4.98 Å². The van der Waals surface area contributed by atoms with Gasteiger partial charge in [0.15, 0.2) is 5.82 Å². The van der Waals surface area contributed by atoms with E-state index in [1.807, 2.05) is 18.3 Å². The molecule has 0 saturated carbocycles. The van der Waals surface area contributed by atoms with Crippen molar-refractivity contribution in [1.29, 1.82) is 0 Å². The van der Waals surface area contributed by atoms with Crippen molar-refractivity contribution in [3.8, 4) is 5.75 Å². The molecule has 0 N–H and O–H groups in total. The SMILES string of the molecule is CCC1c2ccccc2CCN1c1nccc2c(C)c(C)n(Cc3ccc(OC)cc3)c12. The van der Waals surface area contributed by atoms with Crippen LogP contribution in [0.15, 0.2) is 60.8 Å². The number of benzene rings is 2. The molecule has 2 aromatic carbocycles. The first kappa shape index (κ1) is 20.6. The van der Waals surface area contributed by atoms with E-state index in [1.165, 1.54) is 38.9 Å². The molecule has 5 rings (SSSR count). The summed E-state index contributed by atoms with van der Waals surface area (Å²) < 4.78 is 7.79. The molecule has 164 valence electrons. The first-order valence-corrected chi connectivity index (χ1v) is 11.5. The summed E-state index contributed by atoms with van der Waals surface area (Å²) in [5.74, 6) is 1.99. The topological polar surface area (TPSA) is 30.3 Å². The van der Waals surface area contributed by atoms with Gasteiger partial charge in [-0.15, -0.1) is 0 Å². The lowest BCUT2D eigenvalue weighted by atomic mass is 9.91. The second-order valence-corrected chi connectivity index (χ2v) is 8.74. The fourth-order valence-corrected chi connectivity index (χ4v) is 5.24. The number of aryl methyl sites for hydroxylation is 1. The normalized spacial score (nSPS) is 15.8. The monoisotopic (exact) mass is 425 g/mol. The van der Waals surface area contributed by atoms with E-state index in [0.29, 0.717) is 6.04 Å². The van der Waals surface area contributed by atoms with Crippen LogP contribution in [0.2, 0.25) is 0 Å². The number of rotatable bonds is 5. The Hall–Kier alpha value is -3.27. The number of ether oxygens (including phenoxy) is 1. The fourth-order valence-electron chi connectivity index (χ4n) is 5.24. The number of aromatic nitrogens is 2. The van der Waals surface area contributed by atoms with E-state index in [9.17, 15) is 0 Å². The molecule has 3 heterocycles. The highest BCUT2D eigenvalue weighted by molar-refractivity contribution is 5.94. The van der Waals surface area contributed by atoms with E-state index >= 15 is 0 Å². The maximum absolute atomic E-state index is 5.35. The zero-order valence-corrected chi connectivity index (χ0v) is 19.4. The molecule has 0 fully saturated rings. The van der Waals surface area contributed by atoms with Gasteiger partial charge < -0.3 is 14.2 Å². The number of pyridine rings is 1. The van der Waals surface area contributed by atoms with E-state index in [4.69, 9.17) is 9.72 Å². The molecular formula is C28H31N3O. The molecule has 1 aliphatic rings. The van der Waals surface area contributed by atoms with E-state index < -0.39 is 0 Å². The molecule has 1 unspecified atom stereocenters. The van der Waals surface area contributed by atoms with Gasteiger partial charge in [0, 0.05) is 30.4 Å². The van der Waals surface area contributed by atoms with Crippen molar-refractivity contribution in [2.45, 2.75) is 46.2 Å². The van der Waals surface area contributed by atoms with Crippen LogP contribution < -0.4 is 9.64 Å². The van der Waals surface area contributed by atoms with Crippen molar-refractivity contribution in [2.75, 3.05) is 18.6 Å². The van der Waals surface area contributed by atoms with Crippen molar-refractivity contribution in [3.63, 3.8) is 0 Å². The van der Waals surface area contributed by atoms with Crippen LogP contribution in [0.25, 0.3) is 10.9 Å². The summed E-state index contributed by atoms with van der Waals surface area (Å²) in [5, 5.41) is 1.30. The second-order valence-electron chi connectivity index (χ2n) is 8.74. The summed E-state index contributed by atoms with van der Waals surface area (Å²) in [5.41, 5.74) is 8.07. The van der Waals surface area contributed by atoms with Gasteiger partial charge in [0.1, 0.15) is 5.75 Å². The Kier molecular flexibility index (Phi) is 5.38. The van der Waals surface area contributed by atoms with Crippen molar-refractivity contribution in [1.82, 2.24) is 9.55 Å². The summed E-state index contributed by atoms with van der Waals surface area (Å²) in [4.78, 5) is 7.51. The highest BCUT2D eigenvalue weighted by atomic mass is 16.5. The molecule has 0 radical (unpaired) electrons. The van der Waals surface area contributed by atoms with Crippen LogP contribution in [0.4, 0.5) is 5.82 Å². The van der Waals surface area contributed by atoms with E-state index in [1.54, 1.807) is 7.11 Å². The van der Waals surface area contributed by atoms with Crippen LogP contribution in [0.1, 0.15) is 47.3 Å². The van der Waals surface area contributed by atoms with Crippen molar-refractivity contribution in [3.05, 3.63) is 88.7 Å². The second kappa shape index (κ2) is 8.34. The minimum Gasteiger partial charge on any atom is -0.497 e. The molecule has 32 heavy (non-hydrogen) atoms. The van der Waals surface area contributed by atoms with Crippen LogP contribution in [0.5, 0.6) is 5.75 Å². The Bertz CT molecular complexity index is 1260. The summed E-state index contributed by atoms with van der Waals surface area (Å²) in [6, 6.07) is 19.8. The third-order valence-electron chi connectivity index (χ3n) is 7.10. The molecule has 0 aliphatic carbocycles. The summed E-state index contributed by atoms with van der Waals surface area (Å²) in [6.07, 6.45) is 4.10. The third kappa shape index (κ3) is 3.35. The van der Waals surface area contributed by atoms with Gasteiger partial charge >= 0.3 is 0 Å². The molecule has 2 aromatic heterocycles. The van der Waals surface area contributed by atoms with Gasteiger partial charge in [0.25, 0.3) is 0 Å². The Labute approximate surface area is 190 Å². The van der Waals surface area contributed by atoms with Crippen molar-refractivity contribution in [2.24, 2.45) is 0 Å². The van der Waals surface area contributed by atoms with Gasteiger partial charge in [-0.3, -0.25) is 0 Å². The predicted octanol–water partition coefficient (Wildman–Crippen LogP) is 6.22. The number of nitrogens with zero attached hydrogens (tertiary/aromatic N) is 3. The Balaban J connectivity index is 1.63.